The van der Waals surface area contributed by atoms with Crippen LogP contribution >= 0.6 is 23.4 Å². The number of rotatable bonds is 6. The molecule has 1 amide bonds. The maximum absolute atomic E-state index is 11.7. The van der Waals surface area contributed by atoms with Crippen molar-refractivity contribution < 1.29 is 4.79 Å². The first-order chi connectivity index (χ1) is 8.49. The second-order valence-electron chi connectivity index (χ2n) is 4.72. The van der Waals surface area contributed by atoms with E-state index in [1.54, 1.807) is 11.8 Å². The fraction of sp³-hybridized carbons (Fsp3) is 0.500. The Morgan fingerprint density at radius 1 is 1.39 bits per heavy atom. The summed E-state index contributed by atoms with van der Waals surface area (Å²) in [5, 5.41) is 3.73. The molecule has 0 saturated heterocycles. The predicted molar refractivity (Wildman–Crippen MR) is 80.1 cm³/mol. The minimum absolute atomic E-state index is 0.100. The molecule has 0 fully saturated rings. The van der Waals surface area contributed by atoms with Crippen LogP contribution in [0.4, 0.5) is 0 Å². The Kier molecular flexibility index (Phi) is 6.58. The van der Waals surface area contributed by atoms with Gasteiger partial charge in [0.2, 0.25) is 5.91 Å². The highest BCUT2D eigenvalue weighted by molar-refractivity contribution is 7.99. The molecule has 1 aromatic carbocycles. The molecule has 1 atom stereocenters. The Hall–Kier alpha value is -0.670. The van der Waals surface area contributed by atoms with Gasteiger partial charge < -0.3 is 5.32 Å². The largest absolute Gasteiger partial charge is 0.353 e. The second-order valence-corrected chi connectivity index (χ2v) is 6.14. The Bertz CT molecular complexity index is 395. The molecule has 4 heteroatoms. The Morgan fingerprint density at radius 2 is 2.11 bits per heavy atom. The van der Waals surface area contributed by atoms with E-state index in [0.717, 1.165) is 16.3 Å². The van der Waals surface area contributed by atoms with Gasteiger partial charge in [-0.3, -0.25) is 4.79 Å². The van der Waals surface area contributed by atoms with Gasteiger partial charge in [0.1, 0.15) is 0 Å². The highest BCUT2D eigenvalue weighted by Gasteiger charge is 2.10. The van der Waals surface area contributed by atoms with Gasteiger partial charge in [-0.2, -0.15) is 0 Å². The van der Waals surface area contributed by atoms with Crippen molar-refractivity contribution in [3.8, 4) is 0 Å². The molecule has 18 heavy (non-hydrogen) atoms. The van der Waals surface area contributed by atoms with Gasteiger partial charge in [0, 0.05) is 16.8 Å². The van der Waals surface area contributed by atoms with Crippen molar-refractivity contribution in [1.82, 2.24) is 5.32 Å². The van der Waals surface area contributed by atoms with Crippen LogP contribution in [0.2, 0.25) is 5.02 Å². The summed E-state index contributed by atoms with van der Waals surface area (Å²) in [6.45, 7) is 6.23. The summed E-state index contributed by atoms with van der Waals surface area (Å²) < 4.78 is 0. The minimum atomic E-state index is 0.100. The molecule has 0 bridgehead atoms. The van der Waals surface area contributed by atoms with Crippen LogP contribution in [0.1, 0.15) is 26.3 Å². The number of carbonyl (C=O) groups is 1. The number of hydrogen-bond donors (Lipinski definition) is 1. The first kappa shape index (κ1) is 15.4. The van der Waals surface area contributed by atoms with Gasteiger partial charge >= 0.3 is 0 Å². The summed E-state index contributed by atoms with van der Waals surface area (Å²) in [5.41, 5.74) is 1.15. The van der Waals surface area contributed by atoms with Crippen LogP contribution in [0, 0.1) is 5.92 Å². The molecule has 1 N–H and O–H groups in total. The molecule has 0 aliphatic carbocycles. The molecule has 0 unspecified atom stereocenters. The van der Waals surface area contributed by atoms with E-state index in [1.807, 2.05) is 31.2 Å². The molecule has 0 spiro atoms. The standard InChI is InChI=1S/C14H20ClNOS/c1-10(2)11(3)16-14(17)9-18-8-12-5-4-6-13(15)7-12/h4-7,10-11H,8-9H2,1-3H3,(H,16,17)/t11-/m0/s1. The molecule has 1 aromatic rings. The zero-order chi connectivity index (χ0) is 13.5. The number of amides is 1. The number of halogens is 1. The van der Waals surface area contributed by atoms with E-state index in [9.17, 15) is 4.79 Å². The lowest BCUT2D eigenvalue weighted by molar-refractivity contribution is -0.119. The molecule has 0 heterocycles. The monoisotopic (exact) mass is 285 g/mol. The molecule has 2 nitrogen and oxygen atoms in total. The maximum atomic E-state index is 11.7. The normalized spacial score (nSPS) is 12.5. The van der Waals surface area contributed by atoms with E-state index < -0.39 is 0 Å². The molecule has 0 aliphatic heterocycles. The fourth-order valence-corrected chi connectivity index (χ4v) is 2.35. The van der Waals surface area contributed by atoms with E-state index in [2.05, 4.69) is 19.2 Å². The van der Waals surface area contributed by atoms with E-state index >= 15 is 0 Å². The van der Waals surface area contributed by atoms with E-state index in [1.165, 1.54) is 0 Å². The van der Waals surface area contributed by atoms with Gasteiger partial charge in [-0.25, -0.2) is 0 Å². The summed E-state index contributed by atoms with van der Waals surface area (Å²) in [7, 11) is 0. The van der Waals surface area contributed by atoms with Crippen molar-refractivity contribution in [2.75, 3.05) is 5.75 Å². The van der Waals surface area contributed by atoms with Crippen LogP contribution in [-0.4, -0.2) is 17.7 Å². The highest BCUT2D eigenvalue weighted by Crippen LogP contribution is 2.16. The van der Waals surface area contributed by atoms with Gasteiger partial charge in [-0.15, -0.1) is 11.8 Å². The zero-order valence-corrected chi connectivity index (χ0v) is 12.6. The summed E-state index contributed by atoms with van der Waals surface area (Å²) >= 11 is 7.51. The molecule has 0 aliphatic rings. The quantitative estimate of drug-likeness (QED) is 0.863. The lowest BCUT2D eigenvalue weighted by Crippen LogP contribution is -2.37. The number of carbonyl (C=O) groups excluding carboxylic acids is 1. The number of hydrogen-bond acceptors (Lipinski definition) is 2. The van der Waals surface area contributed by atoms with Crippen molar-refractivity contribution in [2.24, 2.45) is 5.92 Å². The molecule has 100 valence electrons. The van der Waals surface area contributed by atoms with Crippen LogP contribution < -0.4 is 5.32 Å². The Labute approximate surface area is 118 Å². The number of nitrogens with one attached hydrogen (secondary N) is 1. The van der Waals surface area contributed by atoms with Gasteiger partial charge in [0.25, 0.3) is 0 Å². The topological polar surface area (TPSA) is 29.1 Å². The van der Waals surface area contributed by atoms with Gasteiger partial charge in [-0.1, -0.05) is 37.6 Å². The van der Waals surface area contributed by atoms with Crippen molar-refractivity contribution >= 4 is 29.3 Å². The average Bonchev–Trinajstić information content (AvgIpc) is 2.28. The lowest BCUT2D eigenvalue weighted by atomic mass is 10.1. The molecule has 0 saturated carbocycles. The third kappa shape index (κ3) is 5.78. The van der Waals surface area contributed by atoms with Crippen molar-refractivity contribution in [1.29, 1.82) is 0 Å². The third-order valence-electron chi connectivity index (χ3n) is 2.78. The van der Waals surface area contributed by atoms with Gasteiger partial charge in [0.15, 0.2) is 0 Å². The average molecular weight is 286 g/mol. The molecular formula is C14H20ClNOS. The lowest BCUT2D eigenvalue weighted by Gasteiger charge is -2.17. The molecule has 1 rings (SSSR count). The van der Waals surface area contributed by atoms with Crippen LogP contribution in [0.5, 0.6) is 0 Å². The third-order valence-corrected chi connectivity index (χ3v) is 4.02. The Balaban J connectivity index is 2.27. The summed E-state index contributed by atoms with van der Waals surface area (Å²) in [4.78, 5) is 11.7. The SMILES string of the molecule is CC(C)[C@H](C)NC(=O)CSCc1cccc(Cl)c1. The fourth-order valence-electron chi connectivity index (χ4n) is 1.35. The minimum Gasteiger partial charge on any atom is -0.353 e. The first-order valence-corrected chi connectivity index (χ1v) is 7.64. The molecular weight excluding hydrogens is 266 g/mol. The van der Waals surface area contributed by atoms with Crippen LogP contribution in [0.3, 0.4) is 0 Å². The Morgan fingerprint density at radius 3 is 2.72 bits per heavy atom. The summed E-state index contributed by atoms with van der Waals surface area (Å²) in [6.07, 6.45) is 0. The van der Waals surface area contributed by atoms with Crippen molar-refractivity contribution in [2.45, 2.75) is 32.6 Å². The summed E-state index contributed by atoms with van der Waals surface area (Å²) in [5.74, 6) is 1.86. The maximum Gasteiger partial charge on any atom is 0.230 e. The first-order valence-electron chi connectivity index (χ1n) is 6.10. The van der Waals surface area contributed by atoms with Crippen LogP contribution in [-0.2, 0) is 10.5 Å². The van der Waals surface area contributed by atoms with E-state index in [0.29, 0.717) is 11.7 Å². The predicted octanol–water partition coefficient (Wildman–Crippen LogP) is 3.73. The molecule has 0 aromatic heterocycles. The smallest absolute Gasteiger partial charge is 0.230 e. The van der Waals surface area contributed by atoms with Crippen LogP contribution in [0.15, 0.2) is 24.3 Å². The summed E-state index contributed by atoms with van der Waals surface area (Å²) in [6, 6.07) is 7.96. The van der Waals surface area contributed by atoms with E-state index in [4.69, 9.17) is 11.6 Å². The van der Waals surface area contributed by atoms with Gasteiger partial charge in [0.05, 0.1) is 5.75 Å². The van der Waals surface area contributed by atoms with Crippen LogP contribution in [0.25, 0.3) is 0 Å². The number of benzene rings is 1. The zero-order valence-electron chi connectivity index (χ0n) is 11.1. The highest BCUT2D eigenvalue weighted by atomic mass is 35.5. The van der Waals surface area contributed by atoms with Crippen molar-refractivity contribution in [3.63, 3.8) is 0 Å². The molecule has 0 radical (unpaired) electrons. The number of thioether (sulfide) groups is 1. The van der Waals surface area contributed by atoms with Gasteiger partial charge in [-0.05, 0) is 30.5 Å². The van der Waals surface area contributed by atoms with Crippen molar-refractivity contribution in [3.05, 3.63) is 34.9 Å². The second kappa shape index (κ2) is 7.70. The van der Waals surface area contributed by atoms with E-state index in [-0.39, 0.29) is 11.9 Å².